The molecular formula is C4H5Cl2NS. The molecule has 0 amide bonds. The van der Waals surface area contributed by atoms with Crippen molar-refractivity contribution in [3.8, 4) is 0 Å². The topological polar surface area (TPSA) is 14.1 Å². The first-order valence-corrected chi connectivity index (χ1v) is 3.35. The second-order valence-corrected chi connectivity index (χ2v) is 2.39. The predicted octanol–water partition coefficient (Wildman–Crippen LogP) is -1.69. The van der Waals surface area contributed by atoms with E-state index in [1.165, 1.54) is 0 Å². The van der Waals surface area contributed by atoms with Crippen LogP contribution in [-0.2, 0) is 5.88 Å². The number of hydrogen-bond acceptors (Lipinski definition) is 1. The number of aromatic nitrogens is 1. The van der Waals surface area contributed by atoms with E-state index in [2.05, 4.69) is 4.98 Å². The number of H-pyrrole nitrogens is 1. The van der Waals surface area contributed by atoms with Gasteiger partial charge in [0.15, 0.2) is 6.20 Å². The van der Waals surface area contributed by atoms with Crippen molar-refractivity contribution in [2.24, 2.45) is 0 Å². The Bertz CT molecular complexity index is 129. The highest BCUT2D eigenvalue weighted by Crippen LogP contribution is 2.01. The third-order valence-electron chi connectivity index (χ3n) is 0.644. The summed E-state index contributed by atoms with van der Waals surface area (Å²) in [6, 6.07) is 0. The van der Waals surface area contributed by atoms with Crippen LogP contribution in [0.5, 0.6) is 0 Å². The van der Waals surface area contributed by atoms with Crippen molar-refractivity contribution in [3.63, 3.8) is 0 Å². The summed E-state index contributed by atoms with van der Waals surface area (Å²) in [5.74, 6) is 0.595. The highest BCUT2D eigenvalue weighted by molar-refractivity contribution is 7.09. The number of alkyl halides is 1. The van der Waals surface area contributed by atoms with E-state index in [9.17, 15) is 0 Å². The Hall–Kier alpha value is 0.210. The van der Waals surface area contributed by atoms with Gasteiger partial charge >= 0.3 is 0 Å². The minimum Gasteiger partial charge on any atom is -1.00 e. The van der Waals surface area contributed by atoms with Crippen molar-refractivity contribution in [1.29, 1.82) is 0 Å². The molecule has 0 aromatic carbocycles. The average Bonchev–Trinajstić information content (AvgIpc) is 2.14. The number of rotatable bonds is 1. The van der Waals surface area contributed by atoms with Crippen molar-refractivity contribution < 1.29 is 17.4 Å². The van der Waals surface area contributed by atoms with Crippen LogP contribution in [0, 0.1) is 0 Å². The molecule has 0 saturated carbocycles. The molecule has 0 aliphatic heterocycles. The molecule has 1 aromatic rings. The van der Waals surface area contributed by atoms with E-state index in [0.29, 0.717) is 5.88 Å². The lowest BCUT2D eigenvalue weighted by Gasteiger charge is -1.67. The van der Waals surface area contributed by atoms with Crippen molar-refractivity contribution in [3.05, 3.63) is 16.6 Å². The van der Waals surface area contributed by atoms with Gasteiger partial charge in [-0.1, -0.05) is 11.3 Å². The standard InChI is InChI=1S/C4H4ClNS.ClH/c5-3-4-6-1-2-7-4;/h1-2H,3H2;1H. The Morgan fingerprint density at radius 2 is 2.50 bits per heavy atom. The molecule has 0 spiro atoms. The van der Waals surface area contributed by atoms with Crippen molar-refractivity contribution in [2.45, 2.75) is 5.88 Å². The van der Waals surface area contributed by atoms with Gasteiger partial charge in [-0.05, 0) is 0 Å². The smallest absolute Gasteiger partial charge is 0.250 e. The molecular weight excluding hydrogens is 165 g/mol. The second-order valence-electron chi connectivity index (χ2n) is 1.12. The highest BCUT2D eigenvalue weighted by Gasteiger charge is 1.94. The lowest BCUT2D eigenvalue weighted by molar-refractivity contribution is -0.380. The molecule has 1 nitrogen and oxygen atoms in total. The number of nitrogens with one attached hydrogen (secondary N) is 1. The van der Waals surface area contributed by atoms with Gasteiger partial charge in [0.2, 0.25) is 0 Å². The number of thiazole rings is 1. The van der Waals surface area contributed by atoms with E-state index in [0.717, 1.165) is 5.01 Å². The largest absolute Gasteiger partial charge is 1.00 e. The fraction of sp³-hybridized carbons (Fsp3) is 0.250. The van der Waals surface area contributed by atoms with E-state index in [4.69, 9.17) is 11.6 Å². The summed E-state index contributed by atoms with van der Waals surface area (Å²) >= 11 is 7.08. The average molecular weight is 170 g/mol. The van der Waals surface area contributed by atoms with Crippen LogP contribution in [0.3, 0.4) is 0 Å². The van der Waals surface area contributed by atoms with E-state index in [1.54, 1.807) is 11.3 Å². The third-order valence-corrected chi connectivity index (χ3v) is 1.89. The van der Waals surface area contributed by atoms with Crippen LogP contribution in [0.4, 0.5) is 0 Å². The van der Waals surface area contributed by atoms with Gasteiger partial charge in [0, 0.05) is 0 Å². The molecule has 0 bridgehead atoms. The van der Waals surface area contributed by atoms with Gasteiger partial charge in [-0.15, -0.1) is 11.6 Å². The first-order valence-electron chi connectivity index (χ1n) is 1.93. The predicted molar refractivity (Wildman–Crippen MR) is 30.4 cm³/mol. The van der Waals surface area contributed by atoms with E-state index >= 15 is 0 Å². The van der Waals surface area contributed by atoms with Gasteiger partial charge in [0.25, 0.3) is 5.01 Å². The summed E-state index contributed by atoms with van der Waals surface area (Å²) in [5, 5.41) is 3.08. The quantitative estimate of drug-likeness (QED) is 0.446. The Morgan fingerprint density at radius 3 is 2.75 bits per heavy atom. The normalized spacial score (nSPS) is 8.12. The van der Waals surface area contributed by atoms with Crippen molar-refractivity contribution in [1.82, 2.24) is 0 Å². The van der Waals surface area contributed by atoms with E-state index in [1.807, 2.05) is 11.6 Å². The molecule has 1 aromatic heterocycles. The van der Waals surface area contributed by atoms with Crippen LogP contribution < -0.4 is 17.4 Å². The molecule has 4 heteroatoms. The molecule has 0 unspecified atom stereocenters. The monoisotopic (exact) mass is 169 g/mol. The number of halogens is 2. The molecule has 0 fully saturated rings. The Morgan fingerprint density at radius 1 is 1.75 bits per heavy atom. The summed E-state index contributed by atoms with van der Waals surface area (Å²) in [6.07, 6.45) is 1.88. The lowest BCUT2D eigenvalue weighted by atomic mass is 10.8. The maximum atomic E-state index is 5.45. The van der Waals surface area contributed by atoms with Gasteiger partial charge < -0.3 is 12.4 Å². The van der Waals surface area contributed by atoms with Crippen LogP contribution in [-0.4, -0.2) is 0 Å². The molecule has 0 aliphatic carbocycles. The van der Waals surface area contributed by atoms with Crippen LogP contribution in [0.2, 0.25) is 0 Å². The Labute approximate surface area is 63.1 Å². The summed E-state index contributed by atoms with van der Waals surface area (Å²) in [5.41, 5.74) is 0. The maximum absolute atomic E-state index is 5.45. The minimum absolute atomic E-state index is 0. The molecule has 0 saturated heterocycles. The summed E-state index contributed by atoms with van der Waals surface area (Å²) in [6.45, 7) is 0. The van der Waals surface area contributed by atoms with Crippen molar-refractivity contribution in [2.75, 3.05) is 0 Å². The molecule has 1 heterocycles. The number of hydrogen-bond donors (Lipinski definition) is 0. The maximum Gasteiger partial charge on any atom is 0.250 e. The molecule has 0 atom stereocenters. The third kappa shape index (κ3) is 1.99. The molecule has 46 valence electrons. The van der Waals surface area contributed by atoms with Gasteiger partial charge in [-0.25, -0.2) is 4.98 Å². The lowest BCUT2D eigenvalue weighted by Crippen LogP contribution is -3.00. The Balaban J connectivity index is 0.000000490. The van der Waals surface area contributed by atoms with Crippen molar-refractivity contribution >= 4 is 22.9 Å². The summed E-state index contributed by atoms with van der Waals surface area (Å²) in [7, 11) is 0. The van der Waals surface area contributed by atoms with Gasteiger partial charge in [-0.3, -0.25) is 0 Å². The first-order chi connectivity index (χ1) is 3.43. The highest BCUT2D eigenvalue weighted by atomic mass is 35.5. The zero-order valence-electron chi connectivity index (χ0n) is 4.03. The molecule has 0 radical (unpaired) electrons. The fourth-order valence-corrected chi connectivity index (χ4v) is 1.11. The molecule has 8 heavy (non-hydrogen) atoms. The van der Waals surface area contributed by atoms with Gasteiger partial charge in [0.1, 0.15) is 5.88 Å². The molecule has 1 N–H and O–H groups in total. The van der Waals surface area contributed by atoms with Crippen LogP contribution in [0.15, 0.2) is 11.6 Å². The van der Waals surface area contributed by atoms with E-state index in [-0.39, 0.29) is 12.4 Å². The molecule has 1 rings (SSSR count). The molecule has 0 aliphatic rings. The first kappa shape index (κ1) is 8.21. The van der Waals surface area contributed by atoms with Crippen LogP contribution >= 0.6 is 22.9 Å². The van der Waals surface area contributed by atoms with E-state index < -0.39 is 0 Å². The zero-order valence-corrected chi connectivity index (χ0v) is 6.35. The number of aromatic amines is 1. The zero-order chi connectivity index (χ0) is 5.11. The summed E-state index contributed by atoms with van der Waals surface area (Å²) in [4.78, 5) is 2.97. The minimum atomic E-state index is 0. The van der Waals surface area contributed by atoms with Crippen LogP contribution in [0.25, 0.3) is 0 Å². The van der Waals surface area contributed by atoms with Gasteiger partial charge in [-0.2, -0.15) is 0 Å². The fourth-order valence-electron chi connectivity index (χ4n) is 0.347. The van der Waals surface area contributed by atoms with Gasteiger partial charge in [0.05, 0.1) is 5.38 Å². The Kier molecular flexibility index (Phi) is 4.23. The SMILES string of the molecule is ClCc1[nH+]ccs1.[Cl-]. The summed E-state index contributed by atoms with van der Waals surface area (Å²) < 4.78 is 0. The second kappa shape index (κ2) is 4.13. The van der Waals surface area contributed by atoms with Crippen LogP contribution in [0.1, 0.15) is 5.01 Å².